The first-order valence-corrected chi connectivity index (χ1v) is 20.1. The third kappa shape index (κ3) is 6.30. The monoisotopic (exact) mass is 721 g/mol. The lowest BCUT2D eigenvalue weighted by molar-refractivity contribution is 0.590. The van der Waals surface area contributed by atoms with Gasteiger partial charge in [0.2, 0.25) is 0 Å². The van der Waals surface area contributed by atoms with E-state index in [0.29, 0.717) is 6.04 Å². The summed E-state index contributed by atoms with van der Waals surface area (Å²) in [6.07, 6.45) is 0. The van der Waals surface area contributed by atoms with E-state index in [9.17, 15) is 1.37 Å². The number of rotatable bonds is 4. The van der Waals surface area contributed by atoms with E-state index in [0.717, 1.165) is 28.3 Å². The molecule has 0 saturated heterocycles. The molecule has 2 aliphatic rings. The third-order valence-electron chi connectivity index (χ3n) is 12.2. The molecule has 55 heavy (non-hydrogen) atoms. The Morgan fingerprint density at radius 1 is 0.436 bits per heavy atom. The van der Waals surface area contributed by atoms with E-state index in [-0.39, 0.29) is 28.4 Å². The Kier molecular flexibility index (Phi) is 8.28. The quantitative estimate of drug-likeness (QED) is 0.167. The highest BCUT2D eigenvalue weighted by atomic mass is 15.2. The van der Waals surface area contributed by atoms with Crippen molar-refractivity contribution in [1.82, 2.24) is 0 Å². The second kappa shape index (κ2) is 12.8. The van der Waals surface area contributed by atoms with Gasteiger partial charge in [0.1, 0.15) is 0 Å². The van der Waals surface area contributed by atoms with E-state index in [4.69, 9.17) is 0 Å². The average Bonchev–Trinajstić information content (AvgIpc) is 3.13. The van der Waals surface area contributed by atoms with Gasteiger partial charge in [-0.3, -0.25) is 0 Å². The number of benzene rings is 6. The van der Waals surface area contributed by atoms with E-state index in [1.807, 2.05) is 0 Å². The number of fused-ring (bicyclic) bond motifs is 4. The predicted octanol–water partition coefficient (Wildman–Crippen LogP) is 12.3. The molecule has 278 valence electrons. The highest BCUT2D eigenvalue weighted by Gasteiger charge is 2.44. The molecule has 0 fully saturated rings. The first-order chi connectivity index (χ1) is 26.2. The fraction of sp³-hybridized carbons (Fsp3) is 0.308. The number of hydrogen-bond acceptors (Lipinski definition) is 2. The molecule has 0 spiro atoms. The summed E-state index contributed by atoms with van der Waals surface area (Å²) in [6, 6.07) is 45.9. The van der Waals surface area contributed by atoms with Crippen LogP contribution >= 0.6 is 0 Å². The van der Waals surface area contributed by atoms with Crippen LogP contribution in [0, 0.1) is 6.92 Å². The maximum Gasteiger partial charge on any atom is 0.252 e. The molecule has 0 saturated carbocycles. The fourth-order valence-corrected chi connectivity index (χ4v) is 8.69. The van der Waals surface area contributed by atoms with Crippen LogP contribution in [0.3, 0.4) is 0 Å². The van der Waals surface area contributed by atoms with Crippen LogP contribution in [0.15, 0.2) is 127 Å². The molecule has 3 heteroatoms. The van der Waals surface area contributed by atoms with Gasteiger partial charge >= 0.3 is 0 Å². The van der Waals surface area contributed by atoms with Crippen molar-refractivity contribution in [2.75, 3.05) is 9.80 Å². The average molecular weight is 722 g/mol. The van der Waals surface area contributed by atoms with Gasteiger partial charge in [-0.25, -0.2) is 0 Å². The largest absolute Gasteiger partial charge is 0.311 e. The summed E-state index contributed by atoms with van der Waals surface area (Å²) in [6.45, 7) is 27.5. The van der Waals surface area contributed by atoms with Crippen molar-refractivity contribution in [2.24, 2.45) is 0 Å². The maximum atomic E-state index is 9.74. The third-order valence-corrected chi connectivity index (χ3v) is 12.2. The van der Waals surface area contributed by atoms with Gasteiger partial charge in [-0.05, 0) is 121 Å². The molecule has 0 N–H and O–H groups in total. The highest BCUT2D eigenvalue weighted by Crippen LogP contribution is 2.46. The molecular formula is C52H57BN2. The van der Waals surface area contributed by atoms with Gasteiger partial charge in [0.25, 0.3) is 6.71 Å². The number of nitrogens with zero attached hydrogens (tertiary/aromatic N) is 2. The minimum atomic E-state index is -0.248. The van der Waals surface area contributed by atoms with Crippen LogP contribution in [-0.4, -0.2) is 6.71 Å². The van der Waals surface area contributed by atoms with E-state index in [1.165, 1.54) is 55.6 Å². The zero-order valence-electron chi connectivity index (χ0n) is 36.0. The van der Waals surface area contributed by atoms with Crippen LogP contribution in [0.1, 0.15) is 111 Å². The molecule has 6 aromatic carbocycles. The molecule has 0 amide bonds. The maximum absolute atomic E-state index is 9.74. The zero-order valence-corrected chi connectivity index (χ0v) is 35.0. The lowest BCUT2D eigenvalue weighted by Gasteiger charge is -2.45. The number of anilines is 6. The molecule has 2 heterocycles. The van der Waals surface area contributed by atoms with Gasteiger partial charge in [-0.1, -0.05) is 155 Å². The van der Waals surface area contributed by atoms with Crippen molar-refractivity contribution in [3.8, 4) is 0 Å². The second-order valence-corrected chi connectivity index (χ2v) is 19.6. The fourth-order valence-electron chi connectivity index (χ4n) is 8.69. The smallest absolute Gasteiger partial charge is 0.252 e. The van der Waals surface area contributed by atoms with Gasteiger partial charge in [0.15, 0.2) is 0 Å². The van der Waals surface area contributed by atoms with Crippen LogP contribution in [0.5, 0.6) is 0 Å². The molecule has 2 nitrogen and oxygen atoms in total. The minimum Gasteiger partial charge on any atom is -0.311 e. The van der Waals surface area contributed by atoms with Crippen LogP contribution in [-0.2, 0) is 21.7 Å². The van der Waals surface area contributed by atoms with Crippen molar-refractivity contribution < 1.29 is 1.37 Å². The van der Waals surface area contributed by atoms with Crippen molar-refractivity contribution in [3.05, 3.63) is 161 Å². The Balaban J connectivity index is 1.42. The SMILES string of the molecule is [2H]c1cc(C(C)(C)c2ccccc2)ccc1N1c2ccc(C(C)(C)C)cc2B2c3cc(C(C)(C)C)ccc3N(c3ccc(C(C)(C)C)cc3)c3cc(C)cc1c32. The number of aryl methyl sites for hydroxylation is 1. The first kappa shape index (κ1) is 35.7. The van der Waals surface area contributed by atoms with E-state index in [2.05, 4.69) is 214 Å². The van der Waals surface area contributed by atoms with Crippen LogP contribution in [0.4, 0.5) is 34.1 Å². The molecule has 0 unspecified atom stereocenters. The lowest BCUT2D eigenvalue weighted by Crippen LogP contribution is -2.61. The summed E-state index contributed by atoms with van der Waals surface area (Å²) < 4.78 is 9.74. The van der Waals surface area contributed by atoms with Crippen molar-refractivity contribution in [3.63, 3.8) is 0 Å². The summed E-state index contributed by atoms with van der Waals surface area (Å²) in [5.74, 6) is 0. The molecule has 2 aliphatic heterocycles. The molecule has 0 atom stereocenters. The standard InChI is InChI=1S/C52H57BN2/c1-34-30-46-48-47(31-34)55(41-26-20-37(21-27-41)52(11,12)36-16-14-13-15-17-36)45-29-23-39(51(8,9)10)33-43(45)53(48)42-32-38(50(5,6)7)22-28-44(42)54(46)40-24-18-35(19-25-40)49(2,3)4/h13-33H,1-12H3/i26D. The van der Waals surface area contributed by atoms with E-state index >= 15 is 0 Å². The molecule has 0 bridgehead atoms. The minimum absolute atomic E-state index is 0.0158. The van der Waals surface area contributed by atoms with Gasteiger partial charge in [-0.2, -0.15) is 0 Å². The zero-order chi connectivity index (χ0) is 40.1. The summed E-state index contributed by atoms with van der Waals surface area (Å²) in [5.41, 5.74) is 18.0. The highest BCUT2D eigenvalue weighted by molar-refractivity contribution is 7.00. The summed E-state index contributed by atoms with van der Waals surface area (Å²) in [7, 11) is 0. The van der Waals surface area contributed by atoms with E-state index < -0.39 is 0 Å². The Hall–Kier alpha value is -5.02. The van der Waals surface area contributed by atoms with Crippen molar-refractivity contribution in [1.29, 1.82) is 0 Å². The Morgan fingerprint density at radius 2 is 0.873 bits per heavy atom. The summed E-state index contributed by atoms with van der Waals surface area (Å²) in [4.78, 5) is 4.89. The van der Waals surface area contributed by atoms with Crippen LogP contribution < -0.4 is 26.2 Å². The van der Waals surface area contributed by atoms with Gasteiger partial charge in [0, 0.05) is 39.5 Å². The summed E-state index contributed by atoms with van der Waals surface area (Å²) in [5, 5.41) is 0. The second-order valence-electron chi connectivity index (χ2n) is 19.6. The molecule has 8 rings (SSSR count). The van der Waals surface area contributed by atoms with Crippen LogP contribution in [0.25, 0.3) is 0 Å². The first-order valence-electron chi connectivity index (χ1n) is 20.6. The topological polar surface area (TPSA) is 6.48 Å². The Morgan fingerprint density at radius 3 is 1.36 bits per heavy atom. The van der Waals surface area contributed by atoms with Gasteiger partial charge < -0.3 is 9.80 Å². The van der Waals surface area contributed by atoms with Gasteiger partial charge in [-0.15, -0.1) is 0 Å². The van der Waals surface area contributed by atoms with Gasteiger partial charge in [0.05, 0.1) is 1.37 Å². The molecular weight excluding hydrogens is 663 g/mol. The molecule has 0 aliphatic carbocycles. The lowest BCUT2D eigenvalue weighted by atomic mass is 9.33. The van der Waals surface area contributed by atoms with Crippen LogP contribution in [0.2, 0.25) is 0 Å². The van der Waals surface area contributed by atoms with E-state index in [1.54, 1.807) is 0 Å². The molecule has 0 aromatic heterocycles. The molecule has 6 aromatic rings. The Labute approximate surface area is 332 Å². The van der Waals surface area contributed by atoms with Crippen molar-refractivity contribution in [2.45, 2.75) is 105 Å². The Bertz CT molecular complexity index is 2480. The molecule has 0 radical (unpaired) electrons. The number of hydrogen-bond donors (Lipinski definition) is 0. The predicted molar refractivity (Wildman–Crippen MR) is 240 cm³/mol. The normalized spacial score (nSPS) is 14.3. The summed E-state index contributed by atoms with van der Waals surface area (Å²) >= 11 is 0. The van der Waals surface area contributed by atoms with Crippen molar-refractivity contribution >= 4 is 57.2 Å².